The van der Waals surface area contributed by atoms with E-state index >= 15 is 0 Å². The Labute approximate surface area is 126 Å². The Bertz CT molecular complexity index is 599. The molecule has 2 aromatic rings. The van der Waals surface area contributed by atoms with Crippen LogP contribution in [0.15, 0.2) is 47.8 Å². The number of hydrogen-bond acceptors (Lipinski definition) is 4. The highest BCUT2D eigenvalue weighted by Gasteiger charge is 2.25. The van der Waals surface area contributed by atoms with Gasteiger partial charge in [0.15, 0.2) is 6.04 Å². The number of nitrogens with one attached hydrogen (secondary N) is 1. The molecule has 6 heteroatoms. The highest BCUT2D eigenvalue weighted by molar-refractivity contribution is 7.10. The summed E-state index contributed by atoms with van der Waals surface area (Å²) in [6.45, 7) is 0. The van der Waals surface area contributed by atoms with Crippen molar-refractivity contribution in [2.75, 3.05) is 0 Å². The molecule has 0 aliphatic carbocycles. The summed E-state index contributed by atoms with van der Waals surface area (Å²) in [5.74, 6) is -1.57. The van der Waals surface area contributed by atoms with Crippen LogP contribution in [0.1, 0.15) is 16.5 Å². The highest BCUT2D eigenvalue weighted by Crippen LogP contribution is 2.19. The Hall–Kier alpha value is -2.18. The van der Waals surface area contributed by atoms with Crippen molar-refractivity contribution in [3.8, 4) is 0 Å². The van der Waals surface area contributed by atoms with Crippen LogP contribution >= 0.6 is 11.3 Å². The predicted molar refractivity (Wildman–Crippen MR) is 81.0 cm³/mol. The summed E-state index contributed by atoms with van der Waals surface area (Å²) >= 11 is 1.28. The zero-order chi connectivity index (χ0) is 15.2. The standard InChI is InChI=1S/C15H16N2O3S/c16-11(9-10-5-2-1-3-6-10)14(18)17-13(15(19)20)12-7-4-8-21-12/h1-8,11,13H,9,16H2,(H,17,18)(H,19,20)/t11-,13?/m1/s1. The second kappa shape index (κ2) is 7.01. The van der Waals surface area contributed by atoms with Gasteiger partial charge in [0.2, 0.25) is 5.91 Å². The van der Waals surface area contributed by atoms with Crippen molar-refractivity contribution in [3.05, 3.63) is 58.3 Å². The minimum Gasteiger partial charge on any atom is -0.479 e. The van der Waals surface area contributed by atoms with E-state index in [2.05, 4.69) is 5.32 Å². The van der Waals surface area contributed by atoms with Crippen LogP contribution < -0.4 is 11.1 Å². The average Bonchev–Trinajstić information content (AvgIpc) is 2.99. The number of thiophene rings is 1. The van der Waals surface area contributed by atoms with Crippen LogP contribution in [0, 0.1) is 0 Å². The van der Waals surface area contributed by atoms with E-state index in [1.807, 2.05) is 30.3 Å². The van der Waals surface area contributed by atoms with Gasteiger partial charge in [-0.3, -0.25) is 4.79 Å². The summed E-state index contributed by atoms with van der Waals surface area (Å²) < 4.78 is 0. The molecule has 0 bridgehead atoms. The van der Waals surface area contributed by atoms with E-state index in [-0.39, 0.29) is 0 Å². The number of carbonyl (C=O) groups excluding carboxylic acids is 1. The predicted octanol–water partition coefficient (Wildman–Crippen LogP) is 1.56. The van der Waals surface area contributed by atoms with E-state index < -0.39 is 24.0 Å². The van der Waals surface area contributed by atoms with E-state index in [1.165, 1.54) is 11.3 Å². The van der Waals surface area contributed by atoms with Gasteiger partial charge < -0.3 is 16.2 Å². The van der Waals surface area contributed by atoms with Crippen LogP contribution in [0.25, 0.3) is 0 Å². The lowest BCUT2D eigenvalue weighted by atomic mass is 10.1. The zero-order valence-corrected chi connectivity index (χ0v) is 12.0. The zero-order valence-electron chi connectivity index (χ0n) is 11.2. The molecule has 110 valence electrons. The molecule has 2 rings (SSSR count). The van der Waals surface area contributed by atoms with Gasteiger partial charge in [-0.1, -0.05) is 36.4 Å². The summed E-state index contributed by atoms with van der Waals surface area (Å²) in [4.78, 5) is 23.9. The first-order valence-corrected chi connectivity index (χ1v) is 7.32. The highest BCUT2D eigenvalue weighted by atomic mass is 32.1. The van der Waals surface area contributed by atoms with Gasteiger partial charge in [0.05, 0.1) is 6.04 Å². The third kappa shape index (κ3) is 4.14. The topological polar surface area (TPSA) is 92.4 Å². The maximum absolute atomic E-state index is 12.1. The lowest BCUT2D eigenvalue weighted by Crippen LogP contribution is -2.45. The molecule has 0 saturated carbocycles. The molecule has 0 saturated heterocycles. The molecule has 21 heavy (non-hydrogen) atoms. The van der Waals surface area contributed by atoms with Gasteiger partial charge in [-0.2, -0.15) is 0 Å². The van der Waals surface area contributed by atoms with Crippen LogP contribution in [0.3, 0.4) is 0 Å². The van der Waals surface area contributed by atoms with Crippen molar-refractivity contribution in [3.63, 3.8) is 0 Å². The molecule has 2 atom stereocenters. The van der Waals surface area contributed by atoms with Crippen LogP contribution in [-0.2, 0) is 16.0 Å². The van der Waals surface area contributed by atoms with Gasteiger partial charge in [0.1, 0.15) is 0 Å². The fourth-order valence-corrected chi connectivity index (χ4v) is 2.69. The number of aliphatic carboxylic acids is 1. The summed E-state index contributed by atoms with van der Waals surface area (Å²) in [5, 5.41) is 13.5. The van der Waals surface area contributed by atoms with Crippen LogP contribution in [0.2, 0.25) is 0 Å². The molecule has 0 aliphatic heterocycles. The van der Waals surface area contributed by atoms with Gasteiger partial charge in [0.25, 0.3) is 0 Å². The first-order chi connectivity index (χ1) is 10.1. The molecule has 1 heterocycles. The van der Waals surface area contributed by atoms with E-state index in [0.29, 0.717) is 11.3 Å². The molecule has 0 fully saturated rings. The van der Waals surface area contributed by atoms with Gasteiger partial charge in [-0.15, -0.1) is 11.3 Å². The molecule has 1 unspecified atom stereocenters. The lowest BCUT2D eigenvalue weighted by Gasteiger charge is -2.17. The second-order valence-corrected chi connectivity index (χ2v) is 5.57. The molecule has 0 radical (unpaired) electrons. The summed E-state index contributed by atoms with van der Waals surface area (Å²) in [6, 6.07) is 10.9. The third-order valence-electron chi connectivity index (χ3n) is 3.00. The molecule has 0 aliphatic rings. The average molecular weight is 304 g/mol. The summed E-state index contributed by atoms with van der Waals surface area (Å²) in [7, 11) is 0. The van der Waals surface area contributed by atoms with E-state index in [1.54, 1.807) is 17.5 Å². The van der Waals surface area contributed by atoms with Crippen LogP contribution in [-0.4, -0.2) is 23.0 Å². The molecule has 1 aromatic carbocycles. The van der Waals surface area contributed by atoms with Crippen molar-refractivity contribution in [2.45, 2.75) is 18.5 Å². The molecule has 1 amide bonds. The number of amides is 1. The second-order valence-electron chi connectivity index (χ2n) is 4.59. The SMILES string of the molecule is N[C@H](Cc1ccccc1)C(=O)NC(C(=O)O)c1cccs1. The number of nitrogens with two attached hydrogens (primary N) is 1. The Morgan fingerprint density at radius 2 is 1.90 bits per heavy atom. The maximum Gasteiger partial charge on any atom is 0.331 e. The minimum atomic E-state index is -1.10. The normalized spacial score (nSPS) is 13.4. The summed E-state index contributed by atoms with van der Waals surface area (Å²) in [6.07, 6.45) is 0.365. The van der Waals surface area contributed by atoms with Crippen molar-refractivity contribution in [2.24, 2.45) is 5.73 Å². The quantitative estimate of drug-likeness (QED) is 0.755. The fourth-order valence-electron chi connectivity index (χ4n) is 1.92. The smallest absolute Gasteiger partial charge is 0.331 e. The fraction of sp³-hybridized carbons (Fsp3) is 0.200. The molecule has 1 aromatic heterocycles. The minimum absolute atomic E-state index is 0.365. The monoisotopic (exact) mass is 304 g/mol. The van der Waals surface area contributed by atoms with E-state index in [4.69, 9.17) is 5.73 Å². The first kappa shape index (κ1) is 15.2. The van der Waals surface area contributed by atoms with Crippen molar-refractivity contribution >= 4 is 23.2 Å². The number of carbonyl (C=O) groups is 2. The number of benzene rings is 1. The van der Waals surface area contributed by atoms with Gasteiger partial charge in [-0.05, 0) is 23.4 Å². The van der Waals surface area contributed by atoms with Crippen molar-refractivity contribution < 1.29 is 14.7 Å². The van der Waals surface area contributed by atoms with Crippen LogP contribution in [0.4, 0.5) is 0 Å². The molecule has 0 spiro atoms. The molecular formula is C15H16N2O3S. The molecule has 5 nitrogen and oxygen atoms in total. The molecule has 4 N–H and O–H groups in total. The number of carboxylic acids is 1. The number of rotatable bonds is 6. The van der Waals surface area contributed by atoms with E-state index in [0.717, 1.165) is 5.56 Å². The van der Waals surface area contributed by atoms with Gasteiger partial charge in [0, 0.05) is 4.88 Å². The molecular weight excluding hydrogens is 288 g/mol. The largest absolute Gasteiger partial charge is 0.479 e. The van der Waals surface area contributed by atoms with Crippen molar-refractivity contribution in [1.82, 2.24) is 5.32 Å². The van der Waals surface area contributed by atoms with E-state index in [9.17, 15) is 14.7 Å². The van der Waals surface area contributed by atoms with Gasteiger partial charge in [-0.25, -0.2) is 4.79 Å². The number of carboxylic acid groups (broad SMARTS) is 1. The Morgan fingerprint density at radius 1 is 1.19 bits per heavy atom. The Morgan fingerprint density at radius 3 is 2.48 bits per heavy atom. The van der Waals surface area contributed by atoms with Gasteiger partial charge >= 0.3 is 5.97 Å². The maximum atomic E-state index is 12.1. The lowest BCUT2D eigenvalue weighted by molar-refractivity contribution is -0.142. The Kier molecular flexibility index (Phi) is 5.08. The van der Waals surface area contributed by atoms with Crippen molar-refractivity contribution in [1.29, 1.82) is 0 Å². The number of hydrogen-bond donors (Lipinski definition) is 3. The Balaban J connectivity index is 2.00. The summed E-state index contributed by atoms with van der Waals surface area (Å²) in [5.41, 5.74) is 6.78. The third-order valence-corrected chi connectivity index (χ3v) is 3.93. The first-order valence-electron chi connectivity index (χ1n) is 6.44. The van der Waals surface area contributed by atoms with Crippen LogP contribution in [0.5, 0.6) is 0 Å².